The Labute approximate surface area is 94.6 Å². The summed E-state index contributed by atoms with van der Waals surface area (Å²) in [5, 5.41) is 0. The second-order valence-electron chi connectivity index (χ2n) is 5.25. The largest absolute Gasteiger partial charge is 0.377 e. The zero-order valence-electron chi connectivity index (χ0n) is 10.5. The van der Waals surface area contributed by atoms with Crippen molar-refractivity contribution in [2.75, 3.05) is 6.61 Å². The van der Waals surface area contributed by atoms with Crippen LogP contribution < -0.4 is 5.73 Å². The van der Waals surface area contributed by atoms with E-state index in [0.29, 0.717) is 6.10 Å². The minimum atomic E-state index is 0.260. The molecule has 2 N–H and O–H groups in total. The molecule has 2 nitrogen and oxygen atoms in total. The molecule has 2 atom stereocenters. The standard InChI is InChI=1S/C13H27NO/c1-4-15-13(11-8-9-11)12(14)7-5-6-10(2)3/h10-13H,4-9,14H2,1-3H3. The summed E-state index contributed by atoms with van der Waals surface area (Å²) in [5.41, 5.74) is 6.21. The summed E-state index contributed by atoms with van der Waals surface area (Å²) in [6.07, 6.45) is 6.64. The summed E-state index contributed by atoms with van der Waals surface area (Å²) < 4.78 is 5.76. The predicted molar refractivity (Wildman–Crippen MR) is 64.8 cm³/mol. The Morgan fingerprint density at radius 2 is 1.93 bits per heavy atom. The fourth-order valence-electron chi connectivity index (χ4n) is 2.15. The van der Waals surface area contributed by atoms with Crippen LogP contribution in [0.15, 0.2) is 0 Å². The van der Waals surface area contributed by atoms with Crippen molar-refractivity contribution in [3.05, 3.63) is 0 Å². The molecule has 0 radical (unpaired) electrons. The lowest BCUT2D eigenvalue weighted by Crippen LogP contribution is -2.38. The number of hydrogen-bond acceptors (Lipinski definition) is 2. The summed E-state index contributed by atoms with van der Waals surface area (Å²) >= 11 is 0. The molecule has 0 spiro atoms. The van der Waals surface area contributed by atoms with Crippen LogP contribution >= 0.6 is 0 Å². The molecule has 1 aliphatic rings. The highest BCUT2D eigenvalue weighted by Crippen LogP contribution is 2.36. The van der Waals surface area contributed by atoms with E-state index in [4.69, 9.17) is 10.5 Å². The monoisotopic (exact) mass is 213 g/mol. The number of ether oxygens (including phenoxy) is 1. The fourth-order valence-corrected chi connectivity index (χ4v) is 2.15. The van der Waals surface area contributed by atoms with Crippen molar-refractivity contribution in [2.45, 2.75) is 65.0 Å². The van der Waals surface area contributed by atoms with E-state index in [-0.39, 0.29) is 6.04 Å². The minimum absolute atomic E-state index is 0.260. The quantitative estimate of drug-likeness (QED) is 0.673. The average Bonchev–Trinajstić information content (AvgIpc) is 2.96. The maximum atomic E-state index is 6.21. The first-order valence-electron chi connectivity index (χ1n) is 6.52. The molecule has 0 bridgehead atoms. The van der Waals surface area contributed by atoms with Gasteiger partial charge in [-0.15, -0.1) is 0 Å². The van der Waals surface area contributed by atoms with Gasteiger partial charge in [0.2, 0.25) is 0 Å². The minimum Gasteiger partial charge on any atom is -0.377 e. The lowest BCUT2D eigenvalue weighted by atomic mass is 9.98. The summed E-state index contributed by atoms with van der Waals surface area (Å²) in [7, 11) is 0. The van der Waals surface area contributed by atoms with Gasteiger partial charge in [0.25, 0.3) is 0 Å². The zero-order valence-corrected chi connectivity index (χ0v) is 10.5. The van der Waals surface area contributed by atoms with Gasteiger partial charge in [0, 0.05) is 12.6 Å². The maximum Gasteiger partial charge on any atom is 0.0753 e. The highest BCUT2D eigenvalue weighted by Gasteiger charge is 2.35. The molecule has 0 saturated heterocycles. The molecular formula is C13H27NO. The van der Waals surface area contributed by atoms with Crippen molar-refractivity contribution >= 4 is 0 Å². The van der Waals surface area contributed by atoms with E-state index >= 15 is 0 Å². The lowest BCUT2D eigenvalue weighted by Gasteiger charge is -2.23. The van der Waals surface area contributed by atoms with Gasteiger partial charge in [-0.25, -0.2) is 0 Å². The van der Waals surface area contributed by atoms with Crippen molar-refractivity contribution in [3.63, 3.8) is 0 Å². The SMILES string of the molecule is CCOC(C(N)CCCC(C)C)C1CC1. The van der Waals surface area contributed by atoms with E-state index in [0.717, 1.165) is 24.9 Å². The third kappa shape index (κ3) is 4.98. The molecule has 0 heterocycles. The van der Waals surface area contributed by atoms with Crippen molar-refractivity contribution < 1.29 is 4.74 Å². The number of hydrogen-bond donors (Lipinski definition) is 1. The predicted octanol–water partition coefficient (Wildman–Crippen LogP) is 2.96. The third-order valence-electron chi connectivity index (χ3n) is 3.19. The van der Waals surface area contributed by atoms with Crippen molar-refractivity contribution in [2.24, 2.45) is 17.6 Å². The molecule has 1 saturated carbocycles. The second kappa shape index (κ2) is 6.49. The fraction of sp³-hybridized carbons (Fsp3) is 1.00. The van der Waals surface area contributed by atoms with E-state index in [9.17, 15) is 0 Å². The van der Waals surface area contributed by atoms with Gasteiger partial charge in [0.1, 0.15) is 0 Å². The molecule has 2 heteroatoms. The van der Waals surface area contributed by atoms with Gasteiger partial charge in [-0.3, -0.25) is 0 Å². The van der Waals surface area contributed by atoms with Crippen molar-refractivity contribution in [1.29, 1.82) is 0 Å². The number of rotatable bonds is 8. The van der Waals surface area contributed by atoms with Crippen LogP contribution in [0.25, 0.3) is 0 Å². The Balaban J connectivity index is 2.19. The van der Waals surface area contributed by atoms with Crippen molar-refractivity contribution in [3.8, 4) is 0 Å². The van der Waals surface area contributed by atoms with Crippen molar-refractivity contribution in [1.82, 2.24) is 0 Å². The van der Waals surface area contributed by atoms with Crippen LogP contribution in [0.4, 0.5) is 0 Å². The third-order valence-corrected chi connectivity index (χ3v) is 3.19. The van der Waals surface area contributed by atoms with Gasteiger partial charge in [0.05, 0.1) is 6.10 Å². The van der Waals surface area contributed by atoms with Crippen LogP contribution in [0, 0.1) is 11.8 Å². The second-order valence-corrected chi connectivity index (χ2v) is 5.25. The molecule has 15 heavy (non-hydrogen) atoms. The summed E-state index contributed by atoms with van der Waals surface area (Å²) in [4.78, 5) is 0. The average molecular weight is 213 g/mol. The van der Waals surface area contributed by atoms with E-state index in [1.54, 1.807) is 0 Å². The van der Waals surface area contributed by atoms with Gasteiger partial charge < -0.3 is 10.5 Å². The van der Waals surface area contributed by atoms with Gasteiger partial charge >= 0.3 is 0 Å². The lowest BCUT2D eigenvalue weighted by molar-refractivity contribution is 0.0261. The molecule has 0 aliphatic heterocycles. The Bertz CT molecular complexity index is 166. The molecule has 1 aliphatic carbocycles. The molecule has 90 valence electrons. The Kier molecular flexibility index (Phi) is 5.62. The molecule has 1 rings (SSSR count). The summed E-state index contributed by atoms with van der Waals surface area (Å²) in [6, 6.07) is 0.260. The molecule has 0 amide bonds. The first-order chi connectivity index (χ1) is 7.15. The maximum absolute atomic E-state index is 6.21. The van der Waals surface area contributed by atoms with Gasteiger partial charge in [-0.2, -0.15) is 0 Å². The Hall–Kier alpha value is -0.0800. The van der Waals surface area contributed by atoms with E-state index in [2.05, 4.69) is 20.8 Å². The van der Waals surface area contributed by atoms with E-state index in [1.165, 1.54) is 25.7 Å². The molecular weight excluding hydrogens is 186 g/mol. The summed E-state index contributed by atoms with van der Waals surface area (Å²) in [6.45, 7) is 7.41. The first-order valence-corrected chi connectivity index (χ1v) is 6.52. The number of nitrogens with two attached hydrogens (primary N) is 1. The smallest absolute Gasteiger partial charge is 0.0753 e. The normalized spacial score (nSPS) is 20.6. The van der Waals surface area contributed by atoms with Crippen LogP contribution in [0.1, 0.15) is 52.9 Å². The summed E-state index contributed by atoms with van der Waals surface area (Å²) in [5.74, 6) is 1.56. The Morgan fingerprint density at radius 3 is 2.40 bits per heavy atom. The van der Waals surface area contributed by atoms with Crippen LogP contribution in [0.3, 0.4) is 0 Å². The first kappa shape index (κ1) is 13.0. The highest BCUT2D eigenvalue weighted by molar-refractivity contribution is 4.88. The van der Waals surface area contributed by atoms with E-state index < -0.39 is 0 Å². The molecule has 1 fully saturated rings. The molecule has 0 aromatic heterocycles. The Morgan fingerprint density at radius 1 is 1.27 bits per heavy atom. The molecule has 2 unspecified atom stereocenters. The highest BCUT2D eigenvalue weighted by atomic mass is 16.5. The van der Waals surface area contributed by atoms with Crippen LogP contribution in [-0.4, -0.2) is 18.8 Å². The van der Waals surface area contributed by atoms with Gasteiger partial charge in [-0.1, -0.05) is 26.7 Å². The van der Waals surface area contributed by atoms with Crippen LogP contribution in [0.5, 0.6) is 0 Å². The van der Waals surface area contributed by atoms with Gasteiger partial charge in [-0.05, 0) is 38.0 Å². The van der Waals surface area contributed by atoms with Crippen LogP contribution in [-0.2, 0) is 4.74 Å². The topological polar surface area (TPSA) is 35.2 Å². The van der Waals surface area contributed by atoms with Crippen LogP contribution in [0.2, 0.25) is 0 Å². The molecule has 0 aromatic rings. The zero-order chi connectivity index (χ0) is 11.3. The van der Waals surface area contributed by atoms with Gasteiger partial charge in [0.15, 0.2) is 0 Å². The molecule has 0 aromatic carbocycles. The van der Waals surface area contributed by atoms with E-state index in [1.807, 2.05) is 0 Å².